The highest BCUT2D eigenvalue weighted by atomic mass is 16.5. The van der Waals surface area contributed by atoms with E-state index < -0.39 is 23.8 Å². The van der Waals surface area contributed by atoms with E-state index in [1.807, 2.05) is 44.6 Å². The van der Waals surface area contributed by atoms with Crippen molar-refractivity contribution in [2.45, 2.75) is 116 Å². The van der Waals surface area contributed by atoms with Crippen molar-refractivity contribution in [2.75, 3.05) is 39.3 Å². The van der Waals surface area contributed by atoms with Gasteiger partial charge in [0.05, 0.1) is 80.7 Å². The number of fused-ring (bicyclic) bond motifs is 4. The van der Waals surface area contributed by atoms with E-state index in [0.29, 0.717) is 107 Å². The van der Waals surface area contributed by atoms with Crippen molar-refractivity contribution >= 4 is 82.0 Å². The van der Waals surface area contributed by atoms with Gasteiger partial charge in [-0.15, -0.1) is 0 Å². The molecule has 86 heavy (non-hydrogen) atoms. The van der Waals surface area contributed by atoms with E-state index in [0.717, 1.165) is 47.8 Å². The summed E-state index contributed by atoms with van der Waals surface area (Å²) in [5.41, 5.74) is 5.97. The molecule has 0 spiro atoms. The van der Waals surface area contributed by atoms with Gasteiger partial charge in [-0.2, -0.15) is 0 Å². The highest BCUT2D eigenvalue weighted by Crippen LogP contribution is 2.45. The molecule has 1 fully saturated rings. The Hall–Kier alpha value is -9.38. The van der Waals surface area contributed by atoms with Crippen LogP contribution in [0, 0.1) is 24.3 Å². The van der Waals surface area contributed by atoms with Gasteiger partial charge in [0.1, 0.15) is 5.75 Å². The number of amides is 6. The Bertz CT molecular complexity index is 3520. The van der Waals surface area contributed by atoms with Crippen LogP contribution in [0.1, 0.15) is 124 Å². The number of hydrogen-bond donors (Lipinski definition) is 2. The number of Topliss-reactive ketones (excluding diaryl/α,β-unsaturated/α-hetero) is 1. The maximum absolute atomic E-state index is 14.1. The number of nitrogens with zero attached hydrogens (tertiary/aromatic N) is 6. The number of unbranched alkanes of at least 4 members (excludes halogenated alkanes) is 4. The number of carbonyl (C=O) groups is 7. The monoisotopic (exact) mass is 1170 g/mol. The third-order valence-corrected chi connectivity index (χ3v) is 16.1. The molecule has 20 heteroatoms. The van der Waals surface area contributed by atoms with Crippen molar-refractivity contribution in [1.82, 2.24) is 20.0 Å². The van der Waals surface area contributed by atoms with Crippen molar-refractivity contribution in [3.8, 4) is 28.7 Å². The molecule has 0 bridgehead atoms. The van der Waals surface area contributed by atoms with Gasteiger partial charge in [0.25, 0.3) is 23.6 Å². The summed E-state index contributed by atoms with van der Waals surface area (Å²) >= 11 is 0. The number of aliphatic imine (C=N–C) groups is 2. The number of methoxy groups -OCH3 is 2. The van der Waals surface area contributed by atoms with E-state index >= 15 is 0 Å². The zero-order valence-electron chi connectivity index (χ0n) is 49.0. The lowest BCUT2D eigenvalue weighted by atomic mass is 9.92. The number of hydrogen-bond acceptors (Lipinski definition) is 14. The first-order chi connectivity index (χ1) is 41.6. The van der Waals surface area contributed by atoms with Crippen LogP contribution < -0.4 is 34.3 Å². The highest BCUT2D eigenvalue weighted by molar-refractivity contribution is 6.15. The molecule has 20 nitrogen and oxygen atoms in total. The molecule has 6 amide bonds. The van der Waals surface area contributed by atoms with Crippen LogP contribution in [0.25, 0.3) is 10.4 Å². The lowest BCUT2D eigenvalue weighted by Gasteiger charge is -2.23. The molecule has 4 aromatic rings. The SMILES string of the molecule is [C-]#[N+]c1ccc(OC2=CC(=O)N(CCCCCC(=O)N[C@@H](C(=O)C[C@H](C)C(=O)Nc3ccc(C4=CN5C(=O)c6cc(OC)c(OCCCCCOc7cc8c(cc7OC)C(=O)N7C=C(C9CC9)C[C@@H]7C=N8)cc6N=C[C@H]5C4)cc3)C(C)C)C2=O)cc1. The average molecular weight is 1170 g/mol. The predicted molar refractivity (Wildman–Crippen MR) is 322 cm³/mol. The van der Waals surface area contributed by atoms with Crippen LogP contribution in [-0.4, -0.2) is 120 Å². The normalized spacial score (nSPS) is 18.2. The molecule has 5 aliphatic heterocycles. The molecule has 0 radical (unpaired) electrons. The third-order valence-electron chi connectivity index (χ3n) is 16.1. The van der Waals surface area contributed by atoms with E-state index in [-0.39, 0.29) is 72.6 Å². The second-order valence-electron chi connectivity index (χ2n) is 22.7. The third kappa shape index (κ3) is 13.7. The maximum atomic E-state index is 14.1. The van der Waals surface area contributed by atoms with Gasteiger partial charge in [0.15, 0.2) is 40.2 Å². The average Bonchev–Trinajstić information content (AvgIpc) is 2.35. The fraction of sp³-hybridized carbons (Fsp3) is 0.394. The van der Waals surface area contributed by atoms with Crippen LogP contribution in [0.15, 0.2) is 113 Å². The summed E-state index contributed by atoms with van der Waals surface area (Å²) in [6, 6.07) is 19.2. The Labute approximate surface area is 499 Å². The molecule has 10 rings (SSSR count). The zero-order valence-corrected chi connectivity index (χ0v) is 49.0. The first kappa shape index (κ1) is 59.8. The van der Waals surface area contributed by atoms with E-state index in [1.54, 1.807) is 90.7 Å². The first-order valence-corrected chi connectivity index (χ1v) is 29.4. The standard InChI is InChI=1S/C66H70N8O12/c1-39(2)62(71-60(76)13-9-7-10-24-72-61(77)34-59(66(72)81)86-49-22-20-45(67-4)21-23-49)54(75)27-40(3)63(78)70-46-18-16-42(17-19-46)44-29-48-36-69-53-33-58(56(83-6)31-51(53)65(80)74(48)38-44)85-26-12-8-11-25-84-57-32-52-50(30-55(57)82-5)64(79)73-37-43(41-14-15-41)28-47(73)35-68-52/h16-23,30-41,47-48,62H,7-15,24-29H2,1-3,5-6H3,(H,70,78)(H,71,76)/t40-,47+,48+,62+/m0/s1. The Balaban J connectivity index is 0.639. The molecule has 2 N–H and O–H groups in total. The van der Waals surface area contributed by atoms with Crippen LogP contribution in [0.5, 0.6) is 28.7 Å². The summed E-state index contributed by atoms with van der Waals surface area (Å²) in [6.07, 6.45) is 16.1. The first-order valence-electron chi connectivity index (χ1n) is 29.4. The molecule has 4 atom stereocenters. The van der Waals surface area contributed by atoms with E-state index in [9.17, 15) is 33.6 Å². The molecule has 446 valence electrons. The van der Waals surface area contributed by atoms with Crippen molar-refractivity contribution in [1.29, 1.82) is 0 Å². The molecule has 0 unspecified atom stereocenters. The Morgan fingerprint density at radius 3 is 1.91 bits per heavy atom. The summed E-state index contributed by atoms with van der Waals surface area (Å²) < 4.78 is 29.3. The molecular formula is C66H70N8O12. The number of imide groups is 1. The van der Waals surface area contributed by atoms with Crippen LogP contribution in [0.2, 0.25) is 0 Å². The Kier molecular flexibility index (Phi) is 18.5. The second kappa shape index (κ2) is 26.7. The minimum absolute atomic E-state index is 0.0722. The molecule has 1 aliphatic carbocycles. The molecule has 5 heterocycles. The lowest BCUT2D eigenvalue weighted by Crippen LogP contribution is -2.45. The minimum Gasteiger partial charge on any atom is -0.493 e. The van der Waals surface area contributed by atoms with Gasteiger partial charge in [-0.3, -0.25) is 48.4 Å². The minimum atomic E-state index is -0.797. The summed E-state index contributed by atoms with van der Waals surface area (Å²) in [5, 5.41) is 5.76. The van der Waals surface area contributed by atoms with Gasteiger partial charge in [0, 0.05) is 74.4 Å². The summed E-state index contributed by atoms with van der Waals surface area (Å²) in [4.78, 5) is 110. The van der Waals surface area contributed by atoms with Gasteiger partial charge >= 0.3 is 0 Å². The molecule has 1 saturated carbocycles. The Morgan fingerprint density at radius 2 is 1.31 bits per heavy atom. The van der Waals surface area contributed by atoms with E-state index in [1.165, 1.54) is 25.5 Å². The van der Waals surface area contributed by atoms with E-state index in [4.69, 9.17) is 40.2 Å². The molecular weight excluding hydrogens is 1100 g/mol. The zero-order chi connectivity index (χ0) is 60.6. The molecule has 4 aromatic carbocycles. The smallest absolute Gasteiger partial charge is 0.296 e. The number of ether oxygens (including phenoxy) is 5. The number of nitrogens with one attached hydrogen (secondary N) is 2. The van der Waals surface area contributed by atoms with Gasteiger partial charge in [-0.1, -0.05) is 51.5 Å². The topological polar surface area (TPSA) is 228 Å². The number of rotatable bonds is 27. The number of ketones is 1. The summed E-state index contributed by atoms with van der Waals surface area (Å²) in [6.45, 7) is 13.4. The maximum Gasteiger partial charge on any atom is 0.296 e. The summed E-state index contributed by atoms with van der Waals surface area (Å²) in [5.74, 6) is -0.480. The van der Waals surface area contributed by atoms with Crippen molar-refractivity contribution in [3.63, 3.8) is 0 Å². The number of carbonyl (C=O) groups excluding carboxylic acids is 7. The number of benzene rings is 4. The molecule has 0 saturated heterocycles. The predicted octanol–water partition coefficient (Wildman–Crippen LogP) is 10.6. The van der Waals surface area contributed by atoms with E-state index in [2.05, 4.69) is 15.5 Å². The fourth-order valence-electron chi connectivity index (χ4n) is 11.1. The van der Waals surface area contributed by atoms with Crippen molar-refractivity contribution < 1.29 is 57.2 Å². The summed E-state index contributed by atoms with van der Waals surface area (Å²) in [7, 11) is 3.09. The van der Waals surface area contributed by atoms with Crippen LogP contribution >= 0.6 is 0 Å². The van der Waals surface area contributed by atoms with Gasteiger partial charge in [-0.05, 0) is 116 Å². The quantitative estimate of drug-likeness (QED) is 0.0323. The molecule has 6 aliphatic rings. The highest BCUT2D eigenvalue weighted by Gasteiger charge is 2.39. The Morgan fingerprint density at radius 1 is 0.709 bits per heavy atom. The largest absolute Gasteiger partial charge is 0.493 e. The van der Waals surface area contributed by atoms with Gasteiger partial charge < -0.3 is 44.1 Å². The fourth-order valence-corrected chi connectivity index (χ4v) is 11.1. The van der Waals surface area contributed by atoms with Crippen LogP contribution in [0.4, 0.5) is 22.7 Å². The molecule has 0 aromatic heterocycles. The second-order valence-corrected chi connectivity index (χ2v) is 22.7. The number of anilines is 1. The van der Waals surface area contributed by atoms with Gasteiger partial charge in [-0.25, -0.2) is 4.85 Å². The van der Waals surface area contributed by atoms with Crippen molar-refractivity contribution in [3.05, 3.63) is 131 Å². The van der Waals surface area contributed by atoms with Crippen LogP contribution in [0.3, 0.4) is 0 Å². The van der Waals surface area contributed by atoms with Crippen LogP contribution in [-0.2, 0) is 24.0 Å². The van der Waals surface area contributed by atoms with Crippen molar-refractivity contribution in [2.24, 2.45) is 27.7 Å². The van der Waals surface area contributed by atoms with Gasteiger partial charge in [0.2, 0.25) is 11.8 Å². The lowest BCUT2D eigenvalue weighted by molar-refractivity contribution is -0.138.